The van der Waals surface area contributed by atoms with Crippen LogP contribution in [0.1, 0.15) is 12.5 Å². The maximum Gasteiger partial charge on any atom is 0.227 e. The Morgan fingerprint density at radius 2 is 1.86 bits per heavy atom. The van der Waals surface area contributed by atoms with E-state index in [1.165, 1.54) is 12.1 Å². The number of nitrogens with one attached hydrogen (secondary N) is 1. The molecular formula is C16H18FN3O2. The molecule has 5 nitrogen and oxygen atoms in total. The van der Waals surface area contributed by atoms with Crippen LogP contribution in [0.3, 0.4) is 0 Å². The van der Waals surface area contributed by atoms with Crippen molar-refractivity contribution in [3.63, 3.8) is 0 Å². The molecule has 1 aliphatic rings. The maximum atomic E-state index is 13.2. The molecular weight excluding hydrogens is 285 g/mol. The Labute approximate surface area is 127 Å². The summed E-state index contributed by atoms with van der Waals surface area (Å²) >= 11 is 0. The molecule has 0 saturated carbocycles. The predicted molar refractivity (Wildman–Crippen MR) is 80.8 cm³/mol. The average molecular weight is 303 g/mol. The molecule has 0 aliphatic carbocycles. The number of hydrogen-bond acceptors (Lipinski definition) is 2. The van der Waals surface area contributed by atoms with E-state index in [1.54, 1.807) is 29.0 Å². The zero-order valence-corrected chi connectivity index (χ0v) is 12.4. The largest absolute Gasteiger partial charge is 0.361 e. The summed E-state index contributed by atoms with van der Waals surface area (Å²) in [6.07, 6.45) is 2.04. The number of nitrogens with zero attached hydrogens (tertiary/aromatic N) is 2. The first-order chi connectivity index (χ1) is 10.5. The third kappa shape index (κ3) is 2.81. The van der Waals surface area contributed by atoms with Gasteiger partial charge in [0.15, 0.2) is 0 Å². The van der Waals surface area contributed by atoms with Crippen LogP contribution in [0.15, 0.2) is 24.4 Å². The van der Waals surface area contributed by atoms with Crippen molar-refractivity contribution in [2.75, 3.05) is 26.2 Å². The molecule has 0 radical (unpaired) electrons. The van der Waals surface area contributed by atoms with Gasteiger partial charge < -0.3 is 14.8 Å². The summed E-state index contributed by atoms with van der Waals surface area (Å²) < 4.78 is 13.2. The van der Waals surface area contributed by atoms with Crippen molar-refractivity contribution < 1.29 is 14.0 Å². The van der Waals surface area contributed by atoms with Crippen LogP contribution < -0.4 is 0 Å². The first-order valence-electron chi connectivity index (χ1n) is 7.33. The van der Waals surface area contributed by atoms with Gasteiger partial charge in [-0.1, -0.05) is 0 Å². The van der Waals surface area contributed by atoms with Crippen LogP contribution in [0.2, 0.25) is 0 Å². The fourth-order valence-electron chi connectivity index (χ4n) is 2.85. The van der Waals surface area contributed by atoms with E-state index in [-0.39, 0.29) is 24.1 Å². The minimum atomic E-state index is -0.299. The van der Waals surface area contributed by atoms with Crippen molar-refractivity contribution in [3.8, 4) is 0 Å². The minimum Gasteiger partial charge on any atom is -0.361 e. The summed E-state index contributed by atoms with van der Waals surface area (Å²) in [5.74, 6) is -0.216. The smallest absolute Gasteiger partial charge is 0.227 e. The van der Waals surface area contributed by atoms with Gasteiger partial charge in [-0.05, 0) is 23.8 Å². The number of aromatic amines is 1. The first kappa shape index (κ1) is 14.6. The van der Waals surface area contributed by atoms with E-state index in [2.05, 4.69) is 4.98 Å². The minimum absolute atomic E-state index is 0.0356. The molecule has 0 bridgehead atoms. The number of carbonyl (C=O) groups excluding carboxylic acids is 2. The standard InChI is InChI=1S/C16H18FN3O2/c1-11(21)19-4-6-20(7-5-19)16(22)8-12-10-18-15-9-13(17)2-3-14(12)15/h2-3,9-10,18H,4-8H2,1H3. The highest BCUT2D eigenvalue weighted by Crippen LogP contribution is 2.20. The lowest BCUT2D eigenvalue weighted by Crippen LogP contribution is -2.50. The number of fused-ring (bicyclic) bond motifs is 1. The van der Waals surface area contributed by atoms with Gasteiger partial charge in [-0.25, -0.2) is 4.39 Å². The zero-order valence-electron chi connectivity index (χ0n) is 12.4. The lowest BCUT2D eigenvalue weighted by molar-refractivity contribution is -0.137. The molecule has 3 rings (SSSR count). The third-order valence-electron chi connectivity index (χ3n) is 4.15. The van der Waals surface area contributed by atoms with E-state index in [0.29, 0.717) is 31.7 Å². The van der Waals surface area contributed by atoms with Crippen LogP contribution in [-0.4, -0.2) is 52.8 Å². The molecule has 116 valence electrons. The van der Waals surface area contributed by atoms with Gasteiger partial charge in [-0.2, -0.15) is 0 Å². The van der Waals surface area contributed by atoms with E-state index >= 15 is 0 Å². The second kappa shape index (κ2) is 5.79. The summed E-state index contributed by atoms with van der Waals surface area (Å²) in [5.41, 5.74) is 1.57. The van der Waals surface area contributed by atoms with E-state index in [9.17, 15) is 14.0 Å². The highest BCUT2D eigenvalue weighted by atomic mass is 19.1. The van der Waals surface area contributed by atoms with Gasteiger partial charge in [0.1, 0.15) is 5.82 Å². The topological polar surface area (TPSA) is 56.4 Å². The summed E-state index contributed by atoms with van der Waals surface area (Å²) in [6.45, 7) is 3.84. The number of halogens is 1. The van der Waals surface area contributed by atoms with Crippen LogP contribution >= 0.6 is 0 Å². The number of aromatic nitrogens is 1. The van der Waals surface area contributed by atoms with E-state index in [4.69, 9.17) is 0 Å². The Hall–Kier alpha value is -2.37. The lowest BCUT2D eigenvalue weighted by atomic mass is 10.1. The molecule has 22 heavy (non-hydrogen) atoms. The molecule has 1 aromatic carbocycles. The molecule has 0 unspecified atom stereocenters. The highest BCUT2D eigenvalue weighted by molar-refractivity contribution is 5.89. The van der Waals surface area contributed by atoms with Gasteiger partial charge in [0, 0.05) is 50.2 Å². The molecule has 1 N–H and O–H groups in total. The Kier molecular flexibility index (Phi) is 3.83. The summed E-state index contributed by atoms with van der Waals surface area (Å²) in [5, 5.41) is 0.872. The van der Waals surface area contributed by atoms with Crippen molar-refractivity contribution in [2.45, 2.75) is 13.3 Å². The third-order valence-corrected chi connectivity index (χ3v) is 4.15. The molecule has 0 spiro atoms. The Morgan fingerprint density at radius 3 is 2.55 bits per heavy atom. The number of amides is 2. The second-order valence-corrected chi connectivity index (χ2v) is 5.57. The van der Waals surface area contributed by atoms with Gasteiger partial charge in [-0.3, -0.25) is 9.59 Å². The van der Waals surface area contributed by atoms with E-state index in [1.807, 2.05) is 0 Å². The average Bonchev–Trinajstić information content (AvgIpc) is 2.89. The van der Waals surface area contributed by atoms with Crippen molar-refractivity contribution in [2.24, 2.45) is 0 Å². The monoisotopic (exact) mass is 303 g/mol. The fraction of sp³-hybridized carbons (Fsp3) is 0.375. The Balaban J connectivity index is 1.68. The van der Waals surface area contributed by atoms with Gasteiger partial charge in [0.25, 0.3) is 0 Å². The fourth-order valence-corrected chi connectivity index (χ4v) is 2.85. The normalized spacial score (nSPS) is 15.4. The summed E-state index contributed by atoms with van der Waals surface area (Å²) in [7, 11) is 0. The number of piperazine rings is 1. The molecule has 2 amide bonds. The molecule has 0 atom stereocenters. The van der Waals surface area contributed by atoms with E-state index in [0.717, 1.165) is 10.9 Å². The molecule has 1 aromatic heterocycles. The molecule has 2 aromatic rings. The number of carbonyl (C=O) groups is 2. The summed E-state index contributed by atoms with van der Waals surface area (Å²) in [4.78, 5) is 30.2. The van der Waals surface area contributed by atoms with Crippen LogP contribution in [-0.2, 0) is 16.0 Å². The number of rotatable bonds is 2. The van der Waals surface area contributed by atoms with Crippen LogP contribution in [0.5, 0.6) is 0 Å². The molecule has 2 heterocycles. The summed E-state index contributed by atoms with van der Waals surface area (Å²) in [6, 6.07) is 4.52. The molecule has 1 aliphatic heterocycles. The lowest BCUT2D eigenvalue weighted by Gasteiger charge is -2.34. The predicted octanol–water partition coefficient (Wildman–Crippen LogP) is 1.54. The number of H-pyrrole nitrogens is 1. The quantitative estimate of drug-likeness (QED) is 0.915. The van der Waals surface area contributed by atoms with Crippen molar-refractivity contribution >= 4 is 22.7 Å². The van der Waals surface area contributed by atoms with Crippen molar-refractivity contribution in [1.29, 1.82) is 0 Å². The van der Waals surface area contributed by atoms with Crippen molar-refractivity contribution in [1.82, 2.24) is 14.8 Å². The SMILES string of the molecule is CC(=O)N1CCN(C(=O)Cc2c[nH]c3cc(F)ccc23)CC1. The van der Waals surface area contributed by atoms with Crippen LogP contribution in [0, 0.1) is 5.82 Å². The highest BCUT2D eigenvalue weighted by Gasteiger charge is 2.22. The van der Waals surface area contributed by atoms with E-state index < -0.39 is 0 Å². The first-order valence-corrected chi connectivity index (χ1v) is 7.33. The van der Waals surface area contributed by atoms with Crippen molar-refractivity contribution in [3.05, 3.63) is 35.8 Å². The molecule has 6 heteroatoms. The molecule has 1 fully saturated rings. The molecule has 1 saturated heterocycles. The Bertz CT molecular complexity index is 717. The van der Waals surface area contributed by atoms with Crippen LogP contribution in [0.4, 0.5) is 4.39 Å². The number of hydrogen-bond donors (Lipinski definition) is 1. The van der Waals surface area contributed by atoms with Gasteiger partial charge in [0.05, 0.1) is 6.42 Å². The maximum absolute atomic E-state index is 13.2. The van der Waals surface area contributed by atoms with Gasteiger partial charge in [-0.15, -0.1) is 0 Å². The number of benzene rings is 1. The Morgan fingerprint density at radius 1 is 1.18 bits per heavy atom. The van der Waals surface area contributed by atoms with Gasteiger partial charge >= 0.3 is 0 Å². The van der Waals surface area contributed by atoms with Crippen LogP contribution in [0.25, 0.3) is 10.9 Å². The second-order valence-electron chi connectivity index (χ2n) is 5.57. The zero-order chi connectivity index (χ0) is 15.7. The van der Waals surface area contributed by atoms with Gasteiger partial charge in [0.2, 0.25) is 11.8 Å².